The fourth-order valence-electron chi connectivity index (χ4n) is 2.95. The molecule has 1 aromatic heterocycles. The Kier molecular flexibility index (Phi) is 3.84. The Morgan fingerprint density at radius 2 is 2.19 bits per heavy atom. The minimum atomic E-state index is -0.0370. The lowest BCUT2D eigenvalue weighted by Crippen LogP contribution is -2.40. The molecule has 1 saturated heterocycles. The van der Waals surface area contributed by atoms with Gasteiger partial charge in [0.1, 0.15) is 0 Å². The quantitative estimate of drug-likeness (QED) is 0.758. The van der Waals surface area contributed by atoms with E-state index in [1.54, 1.807) is 6.20 Å². The molecule has 5 nitrogen and oxygen atoms in total. The minimum absolute atomic E-state index is 0.0370. The normalized spacial score (nSPS) is 17.8. The second-order valence-electron chi connectivity index (χ2n) is 5.72. The predicted octanol–water partition coefficient (Wildman–Crippen LogP) is 2.29. The van der Waals surface area contributed by atoms with Gasteiger partial charge in [0.25, 0.3) is 5.91 Å². The first-order valence-electron chi connectivity index (χ1n) is 7.40. The van der Waals surface area contributed by atoms with E-state index in [-0.39, 0.29) is 11.9 Å². The van der Waals surface area contributed by atoms with Crippen molar-refractivity contribution in [3.63, 3.8) is 0 Å². The SMILES string of the molecule is CC(NC(=O)c1c[nH]c2cc(N)ccc12)C1CCOCC1. The van der Waals surface area contributed by atoms with Crippen LogP contribution in [0.2, 0.25) is 0 Å². The lowest BCUT2D eigenvalue weighted by Gasteiger charge is -2.28. The van der Waals surface area contributed by atoms with Crippen molar-refractivity contribution < 1.29 is 9.53 Å². The van der Waals surface area contributed by atoms with E-state index in [4.69, 9.17) is 10.5 Å². The molecular weight excluding hydrogens is 266 g/mol. The summed E-state index contributed by atoms with van der Waals surface area (Å²) in [6.07, 6.45) is 3.76. The molecule has 0 aliphatic carbocycles. The van der Waals surface area contributed by atoms with Gasteiger partial charge in [-0.25, -0.2) is 0 Å². The Morgan fingerprint density at radius 1 is 1.43 bits per heavy atom. The number of rotatable bonds is 3. The van der Waals surface area contributed by atoms with Crippen LogP contribution in [0.4, 0.5) is 5.69 Å². The fourth-order valence-corrected chi connectivity index (χ4v) is 2.95. The van der Waals surface area contributed by atoms with E-state index in [2.05, 4.69) is 17.2 Å². The predicted molar refractivity (Wildman–Crippen MR) is 83.2 cm³/mol. The molecule has 1 unspecified atom stereocenters. The number of ether oxygens (including phenoxy) is 1. The van der Waals surface area contributed by atoms with Crippen molar-refractivity contribution in [2.45, 2.75) is 25.8 Å². The highest BCUT2D eigenvalue weighted by molar-refractivity contribution is 6.07. The Bertz CT molecular complexity index is 644. The van der Waals surface area contributed by atoms with E-state index in [0.717, 1.165) is 37.0 Å². The number of fused-ring (bicyclic) bond motifs is 1. The van der Waals surface area contributed by atoms with Gasteiger partial charge < -0.3 is 20.8 Å². The second-order valence-corrected chi connectivity index (χ2v) is 5.72. The highest BCUT2D eigenvalue weighted by Crippen LogP contribution is 2.22. The molecule has 0 radical (unpaired) electrons. The van der Waals surface area contributed by atoms with Gasteiger partial charge in [-0.15, -0.1) is 0 Å². The van der Waals surface area contributed by atoms with E-state index in [1.807, 2.05) is 18.2 Å². The summed E-state index contributed by atoms with van der Waals surface area (Å²) in [6.45, 7) is 3.65. The van der Waals surface area contributed by atoms with Gasteiger partial charge in [0.15, 0.2) is 0 Å². The number of amides is 1. The zero-order chi connectivity index (χ0) is 14.8. The van der Waals surface area contributed by atoms with Crippen LogP contribution in [0.5, 0.6) is 0 Å². The Balaban J connectivity index is 1.74. The molecule has 1 aliphatic heterocycles. The molecule has 1 aliphatic rings. The van der Waals surface area contributed by atoms with E-state index in [0.29, 0.717) is 17.2 Å². The molecular formula is C16H21N3O2. The molecule has 5 heteroatoms. The number of benzene rings is 1. The zero-order valence-electron chi connectivity index (χ0n) is 12.2. The van der Waals surface area contributed by atoms with E-state index >= 15 is 0 Å². The average Bonchev–Trinajstić information content (AvgIpc) is 2.91. The van der Waals surface area contributed by atoms with Gasteiger partial charge in [-0.1, -0.05) is 0 Å². The summed E-state index contributed by atoms with van der Waals surface area (Å²) < 4.78 is 5.37. The first-order valence-corrected chi connectivity index (χ1v) is 7.40. The van der Waals surface area contributed by atoms with Crippen LogP contribution in [0.1, 0.15) is 30.1 Å². The third-order valence-corrected chi connectivity index (χ3v) is 4.28. The fraction of sp³-hybridized carbons (Fsp3) is 0.438. The third-order valence-electron chi connectivity index (χ3n) is 4.28. The standard InChI is InChI=1S/C16H21N3O2/c1-10(11-4-6-21-7-5-11)19-16(20)14-9-18-15-8-12(17)2-3-13(14)15/h2-3,8-11,18H,4-7,17H2,1H3,(H,19,20). The third kappa shape index (κ3) is 2.88. The lowest BCUT2D eigenvalue weighted by molar-refractivity contribution is 0.0538. The minimum Gasteiger partial charge on any atom is -0.399 e. The number of hydrogen-bond acceptors (Lipinski definition) is 3. The number of carbonyl (C=O) groups is 1. The number of H-pyrrole nitrogens is 1. The van der Waals surface area contributed by atoms with Crippen molar-refractivity contribution in [1.29, 1.82) is 0 Å². The van der Waals surface area contributed by atoms with Crippen molar-refractivity contribution in [3.05, 3.63) is 30.0 Å². The molecule has 2 heterocycles. The molecule has 0 bridgehead atoms. The number of nitrogens with two attached hydrogens (primary N) is 1. The van der Waals surface area contributed by atoms with Gasteiger partial charge in [0.2, 0.25) is 0 Å². The Morgan fingerprint density at radius 3 is 2.95 bits per heavy atom. The topological polar surface area (TPSA) is 80.1 Å². The summed E-state index contributed by atoms with van der Waals surface area (Å²) in [7, 11) is 0. The molecule has 0 spiro atoms. The van der Waals surface area contributed by atoms with Gasteiger partial charge in [0, 0.05) is 42.0 Å². The van der Waals surface area contributed by atoms with Crippen LogP contribution >= 0.6 is 0 Å². The maximum absolute atomic E-state index is 12.5. The maximum Gasteiger partial charge on any atom is 0.253 e. The summed E-state index contributed by atoms with van der Waals surface area (Å²) in [6, 6.07) is 5.69. The van der Waals surface area contributed by atoms with E-state index < -0.39 is 0 Å². The average molecular weight is 287 g/mol. The maximum atomic E-state index is 12.5. The molecule has 0 saturated carbocycles. The molecule has 2 aromatic rings. The summed E-state index contributed by atoms with van der Waals surface area (Å²) >= 11 is 0. The molecule has 4 N–H and O–H groups in total. The smallest absolute Gasteiger partial charge is 0.253 e. The summed E-state index contributed by atoms with van der Waals surface area (Å²) in [5.74, 6) is 0.452. The Labute approximate surface area is 123 Å². The summed E-state index contributed by atoms with van der Waals surface area (Å²) in [5, 5.41) is 4.02. The van der Waals surface area contributed by atoms with Crippen molar-refractivity contribution in [2.24, 2.45) is 5.92 Å². The van der Waals surface area contributed by atoms with Crippen LogP contribution < -0.4 is 11.1 Å². The van der Waals surface area contributed by atoms with Crippen molar-refractivity contribution in [1.82, 2.24) is 10.3 Å². The van der Waals surface area contributed by atoms with Gasteiger partial charge in [0.05, 0.1) is 5.56 Å². The number of nitrogens with one attached hydrogen (secondary N) is 2. The van der Waals surface area contributed by atoms with Crippen LogP contribution in [-0.4, -0.2) is 30.1 Å². The monoisotopic (exact) mass is 287 g/mol. The van der Waals surface area contributed by atoms with Crippen molar-refractivity contribution in [2.75, 3.05) is 18.9 Å². The number of anilines is 1. The van der Waals surface area contributed by atoms with Crippen LogP contribution in [0.3, 0.4) is 0 Å². The highest BCUT2D eigenvalue weighted by Gasteiger charge is 2.23. The summed E-state index contributed by atoms with van der Waals surface area (Å²) in [5.41, 5.74) is 8.00. The van der Waals surface area contributed by atoms with Gasteiger partial charge >= 0.3 is 0 Å². The van der Waals surface area contributed by atoms with Crippen molar-refractivity contribution in [3.8, 4) is 0 Å². The zero-order valence-corrected chi connectivity index (χ0v) is 12.2. The first kappa shape index (κ1) is 13.9. The number of aromatic amines is 1. The first-order chi connectivity index (χ1) is 10.1. The largest absolute Gasteiger partial charge is 0.399 e. The molecule has 112 valence electrons. The van der Waals surface area contributed by atoms with E-state index in [9.17, 15) is 4.79 Å². The lowest BCUT2D eigenvalue weighted by atomic mass is 9.93. The Hall–Kier alpha value is -2.01. The summed E-state index contributed by atoms with van der Waals surface area (Å²) in [4.78, 5) is 15.6. The highest BCUT2D eigenvalue weighted by atomic mass is 16.5. The molecule has 1 aromatic carbocycles. The number of hydrogen-bond donors (Lipinski definition) is 3. The van der Waals surface area contributed by atoms with Crippen LogP contribution in [0, 0.1) is 5.92 Å². The van der Waals surface area contributed by atoms with Crippen LogP contribution in [-0.2, 0) is 4.74 Å². The van der Waals surface area contributed by atoms with Gasteiger partial charge in [-0.05, 0) is 43.9 Å². The number of nitrogen functional groups attached to an aromatic ring is 1. The van der Waals surface area contributed by atoms with E-state index in [1.165, 1.54) is 0 Å². The second kappa shape index (κ2) is 5.77. The molecule has 1 fully saturated rings. The molecule has 1 atom stereocenters. The van der Waals surface area contributed by atoms with Gasteiger partial charge in [-0.3, -0.25) is 4.79 Å². The molecule has 3 rings (SSSR count). The molecule has 21 heavy (non-hydrogen) atoms. The van der Waals surface area contributed by atoms with Gasteiger partial charge in [-0.2, -0.15) is 0 Å². The number of aromatic nitrogens is 1. The van der Waals surface area contributed by atoms with Crippen LogP contribution in [0.15, 0.2) is 24.4 Å². The number of carbonyl (C=O) groups excluding carboxylic acids is 1. The van der Waals surface area contributed by atoms with Crippen molar-refractivity contribution >= 4 is 22.5 Å². The molecule has 1 amide bonds. The van der Waals surface area contributed by atoms with Crippen LogP contribution in [0.25, 0.3) is 10.9 Å².